The molecule has 1 heterocycles. The molecule has 2 N–H and O–H groups in total. The number of halogens is 2. The molecule has 0 bridgehead atoms. The van der Waals surface area contributed by atoms with E-state index in [2.05, 4.69) is 35.2 Å². The first kappa shape index (κ1) is 18.9. The molecule has 0 aliphatic rings. The summed E-state index contributed by atoms with van der Waals surface area (Å²) in [5, 5.41) is 4.60. The van der Waals surface area contributed by atoms with Gasteiger partial charge in [0.25, 0.3) is 0 Å². The number of ether oxygens (including phenoxy) is 1. The van der Waals surface area contributed by atoms with E-state index in [-0.39, 0.29) is 0 Å². The van der Waals surface area contributed by atoms with Crippen molar-refractivity contribution in [2.75, 3.05) is 12.4 Å². The highest BCUT2D eigenvalue weighted by molar-refractivity contribution is 6.35. The van der Waals surface area contributed by atoms with Crippen LogP contribution in [-0.4, -0.2) is 17.1 Å². The molecular formula is C20H23Cl2N3O. The first-order chi connectivity index (χ1) is 12.5. The zero-order chi connectivity index (χ0) is 18.8. The Bertz CT molecular complexity index is 932. The van der Waals surface area contributed by atoms with E-state index in [9.17, 15) is 0 Å². The van der Waals surface area contributed by atoms with Gasteiger partial charge in [0.2, 0.25) is 5.95 Å². The van der Waals surface area contributed by atoms with Gasteiger partial charge in [-0.2, -0.15) is 0 Å². The van der Waals surface area contributed by atoms with Gasteiger partial charge >= 0.3 is 0 Å². The number of hydrogen-bond donors (Lipinski definition) is 2. The molecule has 0 fully saturated rings. The van der Waals surface area contributed by atoms with Crippen LogP contribution < -0.4 is 10.1 Å². The molecule has 138 valence electrons. The zero-order valence-corrected chi connectivity index (χ0v) is 16.9. The number of methoxy groups -OCH3 is 1. The lowest BCUT2D eigenvalue weighted by Gasteiger charge is -2.14. The van der Waals surface area contributed by atoms with E-state index in [0.717, 1.165) is 35.1 Å². The van der Waals surface area contributed by atoms with Crippen LogP contribution in [0.1, 0.15) is 43.7 Å². The molecule has 3 aromatic rings. The zero-order valence-electron chi connectivity index (χ0n) is 15.4. The maximum atomic E-state index is 6.39. The molecule has 1 aromatic heterocycles. The summed E-state index contributed by atoms with van der Waals surface area (Å²) in [7, 11) is 1.62. The molecule has 0 spiro atoms. The molecule has 3 rings (SSSR count). The summed E-state index contributed by atoms with van der Waals surface area (Å²) in [5.41, 5.74) is 4.82. The second-order valence-electron chi connectivity index (χ2n) is 6.38. The molecule has 0 saturated heterocycles. The smallest absolute Gasteiger partial charge is 0.205 e. The lowest BCUT2D eigenvalue weighted by Crippen LogP contribution is -1.99. The number of imidazole rings is 1. The van der Waals surface area contributed by atoms with Gasteiger partial charge in [0, 0.05) is 11.1 Å². The van der Waals surface area contributed by atoms with Crippen molar-refractivity contribution in [3.05, 3.63) is 45.4 Å². The van der Waals surface area contributed by atoms with Crippen LogP contribution in [0.2, 0.25) is 10.0 Å². The largest absolute Gasteiger partial charge is 0.495 e. The Kier molecular flexibility index (Phi) is 5.64. The van der Waals surface area contributed by atoms with E-state index in [1.165, 1.54) is 5.56 Å². The molecule has 26 heavy (non-hydrogen) atoms. The second-order valence-corrected chi connectivity index (χ2v) is 7.23. The number of nitrogens with zero attached hydrogens (tertiary/aromatic N) is 1. The molecule has 0 unspecified atom stereocenters. The number of benzene rings is 2. The molecule has 0 radical (unpaired) electrons. The van der Waals surface area contributed by atoms with E-state index < -0.39 is 0 Å². The summed E-state index contributed by atoms with van der Waals surface area (Å²) in [6.45, 7) is 6.38. The number of hydrogen-bond acceptors (Lipinski definition) is 3. The SMILES string of the molecule is CCC(CC)c1ccc(Cl)c2nc(Nc3c(C)cc(Cl)cc3OC)[nH]c12. The van der Waals surface area contributed by atoms with Crippen molar-refractivity contribution in [3.63, 3.8) is 0 Å². The second kappa shape index (κ2) is 7.77. The molecule has 6 heteroatoms. The van der Waals surface area contributed by atoms with Crippen molar-refractivity contribution in [1.29, 1.82) is 0 Å². The van der Waals surface area contributed by atoms with Crippen LogP contribution in [0.4, 0.5) is 11.6 Å². The third-order valence-corrected chi connectivity index (χ3v) is 5.30. The van der Waals surface area contributed by atoms with E-state index in [1.807, 2.05) is 19.1 Å². The van der Waals surface area contributed by atoms with Gasteiger partial charge in [-0.05, 0) is 48.9 Å². The quantitative estimate of drug-likeness (QED) is 0.483. The number of fused-ring (bicyclic) bond motifs is 1. The fraction of sp³-hybridized carbons (Fsp3) is 0.350. The summed E-state index contributed by atoms with van der Waals surface area (Å²) in [4.78, 5) is 8.07. The molecular weight excluding hydrogens is 369 g/mol. The molecule has 4 nitrogen and oxygen atoms in total. The monoisotopic (exact) mass is 391 g/mol. The Morgan fingerprint density at radius 1 is 1.19 bits per heavy atom. The van der Waals surface area contributed by atoms with Crippen LogP contribution >= 0.6 is 23.2 Å². The summed E-state index contributed by atoms with van der Waals surface area (Å²) in [6, 6.07) is 7.69. The Hall–Kier alpha value is -1.91. The van der Waals surface area contributed by atoms with Gasteiger partial charge in [-0.15, -0.1) is 0 Å². The van der Waals surface area contributed by atoms with Gasteiger partial charge in [-0.3, -0.25) is 0 Å². The fourth-order valence-electron chi connectivity index (χ4n) is 3.36. The lowest BCUT2D eigenvalue weighted by atomic mass is 9.93. The number of nitrogens with one attached hydrogen (secondary N) is 2. The standard InChI is InChI=1S/C20H23Cl2N3O/c1-5-12(6-2)14-7-8-15(22)19-18(14)24-20(25-19)23-17-11(3)9-13(21)10-16(17)26-4/h7-10,12H,5-6H2,1-4H3,(H2,23,24,25). The van der Waals surface area contributed by atoms with Crippen LogP contribution in [0.15, 0.2) is 24.3 Å². The van der Waals surface area contributed by atoms with Crippen molar-refractivity contribution in [1.82, 2.24) is 9.97 Å². The minimum absolute atomic E-state index is 0.467. The number of aryl methyl sites for hydroxylation is 1. The van der Waals surface area contributed by atoms with Crippen molar-refractivity contribution >= 4 is 45.9 Å². The van der Waals surface area contributed by atoms with Gasteiger partial charge < -0.3 is 15.0 Å². The highest BCUT2D eigenvalue weighted by Crippen LogP contribution is 2.36. The maximum absolute atomic E-state index is 6.39. The summed E-state index contributed by atoms with van der Waals surface area (Å²) < 4.78 is 5.46. The van der Waals surface area contributed by atoms with Gasteiger partial charge in [0.1, 0.15) is 11.3 Å². The molecule has 0 atom stereocenters. The number of rotatable bonds is 6. The van der Waals surface area contributed by atoms with Gasteiger partial charge in [0.15, 0.2) is 0 Å². The normalized spacial score (nSPS) is 11.3. The average Bonchev–Trinajstić information content (AvgIpc) is 3.04. The Balaban J connectivity index is 2.08. The topological polar surface area (TPSA) is 49.9 Å². The van der Waals surface area contributed by atoms with Crippen molar-refractivity contribution in [2.45, 2.75) is 39.5 Å². The predicted molar refractivity (Wildman–Crippen MR) is 110 cm³/mol. The van der Waals surface area contributed by atoms with E-state index in [0.29, 0.717) is 27.7 Å². The van der Waals surface area contributed by atoms with Gasteiger partial charge in [-0.1, -0.05) is 43.1 Å². The van der Waals surface area contributed by atoms with Crippen LogP contribution in [-0.2, 0) is 0 Å². The van der Waals surface area contributed by atoms with E-state index >= 15 is 0 Å². The molecule has 0 aliphatic carbocycles. The minimum atomic E-state index is 0.467. The number of anilines is 2. The van der Waals surface area contributed by atoms with E-state index in [1.54, 1.807) is 13.2 Å². The third kappa shape index (κ3) is 3.49. The highest BCUT2D eigenvalue weighted by atomic mass is 35.5. The van der Waals surface area contributed by atoms with Crippen LogP contribution in [0, 0.1) is 6.92 Å². The number of aromatic nitrogens is 2. The molecule has 0 aliphatic heterocycles. The Morgan fingerprint density at radius 2 is 1.92 bits per heavy atom. The van der Waals surface area contributed by atoms with Crippen LogP contribution in [0.25, 0.3) is 11.0 Å². The van der Waals surface area contributed by atoms with Crippen molar-refractivity contribution in [2.24, 2.45) is 0 Å². The lowest BCUT2D eigenvalue weighted by molar-refractivity contribution is 0.416. The molecule has 2 aromatic carbocycles. The summed E-state index contributed by atoms with van der Waals surface area (Å²) >= 11 is 12.5. The van der Waals surface area contributed by atoms with Crippen LogP contribution in [0.5, 0.6) is 5.75 Å². The van der Waals surface area contributed by atoms with Crippen molar-refractivity contribution in [3.8, 4) is 5.75 Å². The Labute approximate surface area is 163 Å². The number of H-pyrrole nitrogens is 1. The molecule has 0 amide bonds. The van der Waals surface area contributed by atoms with Gasteiger partial charge in [0.05, 0.1) is 23.3 Å². The molecule has 0 saturated carbocycles. The average molecular weight is 392 g/mol. The minimum Gasteiger partial charge on any atom is -0.495 e. The fourth-order valence-corrected chi connectivity index (χ4v) is 3.82. The summed E-state index contributed by atoms with van der Waals surface area (Å²) in [6.07, 6.45) is 2.14. The summed E-state index contributed by atoms with van der Waals surface area (Å²) in [5.74, 6) is 1.76. The maximum Gasteiger partial charge on any atom is 0.205 e. The first-order valence-electron chi connectivity index (χ1n) is 8.77. The Morgan fingerprint density at radius 3 is 2.58 bits per heavy atom. The van der Waals surface area contributed by atoms with Gasteiger partial charge in [-0.25, -0.2) is 4.98 Å². The number of aromatic amines is 1. The van der Waals surface area contributed by atoms with E-state index in [4.69, 9.17) is 27.9 Å². The third-order valence-electron chi connectivity index (χ3n) is 4.78. The van der Waals surface area contributed by atoms with Crippen molar-refractivity contribution < 1.29 is 4.74 Å². The predicted octanol–water partition coefficient (Wildman–Crippen LogP) is 6.83. The first-order valence-corrected chi connectivity index (χ1v) is 9.53. The van der Waals surface area contributed by atoms with Crippen LogP contribution in [0.3, 0.4) is 0 Å². The highest BCUT2D eigenvalue weighted by Gasteiger charge is 2.17.